The summed E-state index contributed by atoms with van der Waals surface area (Å²) in [4.78, 5) is 25.8. The topological polar surface area (TPSA) is 61.4 Å². The first-order valence-electron chi connectivity index (χ1n) is 8.78. The summed E-state index contributed by atoms with van der Waals surface area (Å²) in [7, 11) is 0. The van der Waals surface area contributed by atoms with Gasteiger partial charge in [-0.05, 0) is 59.4 Å². The van der Waals surface area contributed by atoms with Gasteiger partial charge in [-0.25, -0.2) is 0 Å². The van der Waals surface area contributed by atoms with Crippen molar-refractivity contribution >= 4 is 11.8 Å². The fraction of sp³-hybridized carbons (Fsp3) is 0.778. The van der Waals surface area contributed by atoms with Gasteiger partial charge < -0.3 is 10.6 Å². The van der Waals surface area contributed by atoms with Crippen LogP contribution < -0.4 is 10.6 Å². The lowest BCUT2D eigenvalue weighted by Gasteiger charge is -2.24. The first-order chi connectivity index (χ1) is 10.8. The number of likely N-dealkylation sites (N-methyl/N-ethyl adjacent to an activating group) is 1. The number of carbonyl (C=O) groups excluding carboxylic acids is 2. The molecule has 0 saturated heterocycles. The molecule has 2 N–H and O–H groups in total. The Morgan fingerprint density at radius 2 is 1.87 bits per heavy atom. The van der Waals surface area contributed by atoms with Gasteiger partial charge in [-0.2, -0.15) is 0 Å². The van der Waals surface area contributed by atoms with Crippen molar-refractivity contribution in [2.75, 3.05) is 26.2 Å². The quantitative estimate of drug-likeness (QED) is 0.673. The van der Waals surface area contributed by atoms with Crippen molar-refractivity contribution in [2.45, 2.75) is 65.3 Å². The van der Waals surface area contributed by atoms with Gasteiger partial charge in [0.1, 0.15) is 0 Å². The standard InChI is InChI=1S/C18H33N3O2/c1-5-21(14-17(23)20-18(2,3)4)13-16(22)19-12-11-15-9-7-6-8-10-15/h9H,5-8,10-14H2,1-4H3,(H,19,22)(H,20,23). The molecule has 0 aromatic heterocycles. The Bertz CT molecular complexity index is 424. The second-order valence-electron chi connectivity index (χ2n) is 7.31. The van der Waals surface area contributed by atoms with E-state index in [4.69, 9.17) is 0 Å². The highest BCUT2D eigenvalue weighted by molar-refractivity contribution is 5.81. The summed E-state index contributed by atoms with van der Waals surface area (Å²) in [6, 6.07) is 0. The minimum absolute atomic E-state index is 0.00758. The summed E-state index contributed by atoms with van der Waals surface area (Å²) >= 11 is 0. The number of hydrogen-bond donors (Lipinski definition) is 2. The highest BCUT2D eigenvalue weighted by Gasteiger charge is 2.17. The largest absolute Gasteiger partial charge is 0.355 e. The van der Waals surface area contributed by atoms with Crippen LogP contribution in [0.1, 0.15) is 59.8 Å². The number of rotatable bonds is 8. The third kappa shape index (κ3) is 9.39. The van der Waals surface area contributed by atoms with Crippen molar-refractivity contribution in [1.29, 1.82) is 0 Å². The summed E-state index contributed by atoms with van der Waals surface area (Å²) in [5.41, 5.74) is 1.22. The van der Waals surface area contributed by atoms with Crippen LogP contribution in [0.15, 0.2) is 11.6 Å². The Balaban J connectivity index is 2.27. The number of amides is 2. The van der Waals surface area contributed by atoms with Crippen molar-refractivity contribution in [3.05, 3.63) is 11.6 Å². The zero-order valence-corrected chi connectivity index (χ0v) is 15.2. The Kier molecular flexibility index (Phi) is 8.31. The molecule has 0 saturated carbocycles. The van der Waals surface area contributed by atoms with Crippen molar-refractivity contribution < 1.29 is 9.59 Å². The normalized spacial score (nSPS) is 15.3. The van der Waals surface area contributed by atoms with Crippen LogP contribution >= 0.6 is 0 Å². The maximum absolute atomic E-state index is 12.0. The monoisotopic (exact) mass is 323 g/mol. The molecule has 0 bridgehead atoms. The number of nitrogens with one attached hydrogen (secondary N) is 2. The van der Waals surface area contributed by atoms with E-state index in [1.807, 2.05) is 32.6 Å². The first kappa shape index (κ1) is 19.7. The zero-order chi connectivity index (χ0) is 17.3. The minimum Gasteiger partial charge on any atom is -0.355 e. The molecule has 0 aromatic carbocycles. The smallest absolute Gasteiger partial charge is 0.234 e. The van der Waals surface area contributed by atoms with Crippen molar-refractivity contribution in [1.82, 2.24) is 15.5 Å². The average Bonchev–Trinajstić information content (AvgIpc) is 2.45. The summed E-state index contributed by atoms with van der Waals surface area (Å²) in [5, 5.41) is 5.89. The summed E-state index contributed by atoms with van der Waals surface area (Å²) in [5.74, 6) is -0.0497. The second kappa shape index (κ2) is 9.71. The molecule has 2 amide bonds. The van der Waals surface area contributed by atoms with Gasteiger partial charge in [-0.3, -0.25) is 14.5 Å². The van der Waals surface area contributed by atoms with Crippen LogP contribution in [-0.4, -0.2) is 48.4 Å². The predicted molar refractivity (Wildman–Crippen MR) is 94.2 cm³/mol. The molecule has 132 valence electrons. The molecule has 0 spiro atoms. The SMILES string of the molecule is CCN(CC(=O)NCCC1=CCCCC1)CC(=O)NC(C)(C)C. The zero-order valence-electron chi connectivity index (χ0n) is 15.2. The minimum atomic E-state index is -0.244. The van der Waals surface area contributed by atoms with Crippen LogP contribution in [0, 0.1) is 0 Å². The maximum atomic E-state index is 12.0. The number of carbonyl (C=O) groups is 2. The molecule has 1 aliphatic rings. The van der Waals surface area contributed by atoms with Crippen LogP contribution in [0.5, 0.6) is 0 Å². The van der Waals surface area contributed by atoms with E-state index in [0.29, 0.717) is 13.1 Å². The van der Waals surface area contributed by atoms with E-state index in [-0.39, 0.29) is 30.4 Å². The third-order valence-corrected chi connectivity index (χ3v) is 3.85. The molecule has 0 atom stereocenters. The number of allylic oxidation sites excluding steroid dienone is 1. The molecule has 0 heterocycles. The fourth-order valence-corrected chi connectivity index (χ4v) is 2.69. The third-order valence-electron chi connectivity index (χ3n) is 3.85. The van der Waals surface area contributed by atoms with E-state index in [0.717, 1.165) is 6.42 Å². The molecule has 0 radical (unpaired) electrons. The van der Waals surface area contributed by atoms with Crippen LogP contribution in [0.25, 0.3) is 0 Å². The Morgan fingerprint density at radius 1 is 1.17 bits per heavy atom. The molecule has 23 heavy (non-hydrogen) atoms. The van der Waals surface area contributed by atoms with Gasteiger partial charge in [-0.1, -0.05) is 18.6 Å². The molecule has 5 heteroatoms. The van der Waals surface area contributed by atoms with Crippen LogP contribution in [0.2, 0.25) is 0 Å². The molecule has 0 fully saturated rings. The summed E-state index contributed by atoms with van der Waals surface area (Å²) < 4.78 is 0. The first-order valence-corrected chi connectivity index (χ1v) is 8.78. The molecule has 0 unspecified atom stereocenters. The van der Waals surface area contributed by atoms with E-state index >= 15 is 0 Å². The van der Waals surface area contributed by atoms with E-state index in [1.54, 1.807) is 0 Å². The Morgan fingerprint density at radius 3 is 2.43 bits per heavy atom. The number of hydrogen-bond acceptors (Lipinski definition) is 3. The maximum Gasteiger partial charge on any atom is 0.234 e. The van der Waals surface area contributed by atoms with Crippen LogP contribution in [-0.2, 0) is 9.59 Å². The Hall–Kier alpha value is -1.36. The predicted octanol–water partition coefficient (Wildman–Crippen LogP) is 2.23. The molecular formula is C18H33N3O2. The van der Waals surface area contributed by atoms with E-state index in [9.17, 15) is 9.59 Å². The van der Waals surface area contributed by atoms with E-state index < -0.39 is 0 Å². The molecule has 1 aliphatic carbocycles. The van der Waals surface area contributed by atoms with Gasteiger partial charge in [0.2, 0.25) is 11.8 Å². The van der Waals surface area contributed by atoms with Gasteiger partial charge in [0.05, 0.1) is 13.1 Å². The van der Waals surface area contributed by atoms with Gasteiger partial charge >= 0.3 is 0 Å². The average molecular weight is 323 g/mol. The van der Waals surface area contributed by atoms with E-state index in [1.165, 1.54) is 31.3 Å². The van der Waals surface area contributed by atoms with Gasteiger partial charge in [0.25, 0.3) is 0 Å². The van der Waals surface area contributed by atoms with Gasteiger partial charge in [-0.15, -0.1) is 0 Å². The van der Waals surface area contributed by atoms with Gasteiger partial charge in [0.15, 0.2) is 0 Å². The molecule has 0 aromatic rings. The van der Waals surface area contributed by atoms with E-state index in [2.05, 4.69) is 16.7 Å². The lowest BCUT2D eigenvalue weighted by molar-refractivity contribution is -0.125. The summed E-state index contributed by atoms with van der Waals surface area (Å²) in [6.45, 7) is 9.71. The highest BCUT2D eigenvalue weighted by Crippen LogP contribution is 2.19. The molecule has 1 rings (SSSR count). The van der Waals surface area contributed by atoms with Crippen LogP contribution in [0.4, 0.5) is 0 Å². The second-order valence-corrected chi connectivity index (χ2v) is 7.31. The highest BCUT2D eigenvalue weighted by atomic mass is 16.2. The van der Waals surface area contributed by atoms with Crippen molar-refractivity contribution in [3.8, 4) is 0 Å². The van der Waals surface area contributed by atoms with Crippen molar-refractivity contribution in [2.24, 2.45) is 0 Å². The number of nitrogens with zero attached hydrogens (tertiary/aromatic N) is 1. The molecule has 0 aliphatic heterocycles. The molecular weight excluding hydrogens is 290 g/mol. The molecule has 5 nitrogen and oxygen atoms in total. The van der Waals surface area contributed by atoms with Crippen LogP contribution in [0.3, 0.4) is 0 Å². The van der Waals surface area contributed by atoms with Gasteiger partial charge in [0, 0.05) is 12.1 Å². The Labute approximate surface area is 140 Å². The lowest BCUT2D eigenvalue weighted by atomic mass is 9.97. The summed E-state index contributed by atoms with van der Waals surface area (Å²) in [6.07, 6.45) is 8.16. The van der Waals surface area contributed by atoms with Crippen molar-refractivity contribution in [3.63, 3.8) is 0 Å². The lowest BCUT2D eigenvalue weighted by Crippen LogP contribution is -2.47. The fourth-order valence-electron chi connectivity index (χ4n) is 2.69.